The minimum absolute atomic E-state index is 0.346. The van der Waals surface area contributed by atoms with Crippen LogP contribution in [0.2, 0.25) is 0 Å². The van der Waals surface area contributed by atoms with Gasteiger partial charge in [-0.25, -0.2) is 0 Å². The third-order valence-corrected chi connectivity index (χ3v) is 3.78. The Hall–Kier alpha value is -0.570. The van der Waals surface area contributed by atoms with Gasteiger partial charge in [0.05, 0.1) is 0 Å². The van der Waals surface area contributed by atoms with E-state index in [-0.39, 0.29) is 0 Å². The van der Waals surface area contributed by atoms with Crippen LogP contribution in [0.1, 0.15) is 38.5 Å². The molecule has 0 radical (unpaired) electrons. The van der Waals surface area contributed by atoms with E-state index >= 15 is 0 Å². The molecule has 0 amide bonds. The highest BCUT2D eigenvalue weighted by Gasteiger charge is 2.29. The number of carboxylic acids is 1. The molecule has 0 aromatic carbocycles. The van der Waals surface area contributed by atoms with E-state index in [9.17, 15) is 4.79 Å². The summed E-state index contributed by atoms with van der Waals surface area (Å²) in [5.74, 6) is 1.11. The highest BCUT2D eigenvalue weighted by molar-refractivity contribution is 5.66. The number of hydrogen-bond donors (Lipinski definition) is 1. The zero-order valence-corrected chi connectivity index (χ0v) is 9.32. The Morgan fingerprint density at radius 3 is 2.53 bits per heavy atom. The molecule has 0 spiro atoms. The Balaban J connectivity index is 1.48. The van der Waals surface area contributed by atoms with Gasteiger partial charge in [0.25, 0.3) is 0 Å². The quantitative estimate of drug-likeness (QED) is 0.730. The number of likely N-dealkylation sites (tertiary alicyclic amines) is 1. The van der Waals surface area contributed by atoms with Crippen molar-refractivity contribution in [1.82, 2.24) is 4.90 Å². The van der Waals surface area contributed by atoms with E-state index in [1.165, 1.54) is 38.9 Å². The van der Waals surface area contributed by atoms with Crippen molar-refractivity contribution in [2.75, 3.05) is 19.6 Å². The maximum atomic E-state index is 10.3. The van der Waals surface area contributed by atoms with Crippen molar-refractivity contribution in [1.29, 1.82) is 0 Å². The number of carboxylic acid groups (broad SMARTS) is 1. The van der Waals surface area contributed by atoms with Crippen LogP contribution in [-0.2, 0) is 4.79 Å². The molecule has 1 aliphatic carbocycles. The molecule has 2 aliphatic rings. The van der Waals surface area contributed by atoms with Gasteiger partial charge in [-0.05, 0) is 37.5 Å². The Morgan fingerprint density at radius 2 is 2.00 bits per heavy atom. The average Bonchev–Trinajstić information content (AvgIpc) is 2.03. The van der Waals surface area contributed by atoms with Crippen LogP contribution in [0.15, 0.2) is 0 Å². The summed E-state index contributed by atoms with van der Waals surface area (Å²) in [5.41, 5.74) is 0. The Bertz CT molecular complexity index is 220. The number of carbonyl (C=O) groups is 1. The third kappa shape index (κ3) is 3.20. The maximum absolute atomic E-state index is 10.3. The van der Waals surface area contributed by atoms with Gasteiger partial charge in [0.2, 0.25) is 0 Å². The van der Waals surface area contributed by atoms with Gasteiger partial charge >= 0.3 is 5.97 Å². The maximum Gasteiger partial charge on any atom is 0.303 e. The van der Waals surface area contributed by atoms with Crippen molar-refractivity contribution in [3.8, 4) is 0 Å². The first-order valence-electron chi connectivity index (χ1n) is 6.18. The van der Waals surface area contributed by atoms with Crippen LogP contribution in [-0.4, -0.2) is 35.6 Å². The number of rotatable bonds is 6. The van der Waals surface area contributed by atoms with Crippen molar-refractivity contribution in [3.63, 3.8) is 0 Å². The van der Waals surface area contributed by atoms with E-state index < -0.39 is 5.97 Å². The fraction of sp³-hybridized carbons (Fsp3) is 0.917. The summed E-state index contributed by atoms with van der Waals surface area (Å²) >= 11 is 0. The lowest BCUT2D eigenvalue weighted by atomic mass is 9.83. The van der Waals surface area contributed by atoms with E-state index in [1.54, 1.807) is 0 Å². The van der Waals surface area contributed by atoms with Gasteiger partial charge in [0.15, 0.2) is 0 Å². The van der Waals surface area contributed by atoms with Crippen LogP contribution in [0.5, 0.6) is 0 Å². The van der Waals surface area contributed by atoms with Crippen LogP contribution in [0.25, 0.3) is 0 Å². The van der Waals surface area contributed by atoms with Crippen LogP contribution in [0.3, 0.4) is 0 Å². The predicted octanol–water partition coefficient (Wildman–Crippen LogP) is 1.97. The van der Waals surface area contributed by atoms with Crippen molar-refractivity contribution < 1.29 is 9.90 Å². The van der Waals surface area contributed by atoms with Crippen LogP contribution in [0.4, 0.5) is 0 Å². The molecule has 15 heavy (non-hydrogen) atoms. The monoisotopic (exact) mass is 211 g/mol. The first kappa shape index (κ1) is 10.9. The molecule has 0 aromatic heterocycles. The van der Waals surface area contributed by atoms with Crippen LogP contribution < -0.4 is 0 Å². The smallest absolute Gasteiger partial charge is 0.303 e. The standard InChI is InChI=1S/C12H21NO2/c14-12(15)6-2-5-11-8-13(9-11)7-10-3-1-4-10/h10-11H,1-9H2,(H,14,15). The van der Waals surface area contributed by atoms with E-state index in [2.05, 4.69) is 4.90 Å². The molecule has 1 saturated carbocycles. The second kappa shape index (κ2) is 4.97. The normalized spacial score (nSPS) is 23.5. The van der Waals surface area contributed by atoms with Crippen molar-refractivity contribution >= 4 is 5.97 Å². The van der Waals surface area contributed by atoms with Gasteiger partial charge in [0.1, 0.15) is 0 Å². The molecular weight excluding hydrogens is 190 g/mol. The molecule has 3 heteroatoms. The van der Waals surface area contributed by atoms with Crippen molar-refractivity contribution in [2.45, 2.75) is 38.5 Å². The highest BCUT2D eigenvalue weighted by Crippen LogP contribution is 2.30. The van der Waals surface area contributed by atoms with E-state index in [0.29, 0.717) is 6.42 Å². The molecule has 86 valence electrons. The minimum Gasteiger partial charge on any atom is -0.481 e. The molecular formula is C12H21NO2. The molecule has 1 heterocycles. The lowest BCUT2D eigenvalue weighted by Gasteiger charge is -2.43. The highest BCUT2D eigenvalue weighted by atomic mass is 16.4. The summed E-state index contributed by atoms with van der Waals surface area (Å²) in [6, 6.07) is 0. The molecule has 1 saturated heterocycles. The summed E-state index contributed by atoms with van der Waals surface area (Å²) in [4.78, 5) is 12.9. The largest absolute Gasteiger partial charge is 0.481 e. The molecule has 0 atom stereocenters. The number of nitrogens with zero attached hydrogens (tertiary/aromatic N) is 1. The molecule has 3 nitrogen and oxygen atoms in total. The zero-order chi connectivity index (χ0) is 10.7. The van der Waals surface area contributed by atoms with E-state index in [0.717, 1.165) is 24.7 Å². The lowest BCUT2D eigenvalue weighted by Crippen LogP contribution is -2.49. The van der Waals surface area contributed by atoms with Gasteiger partial charge < -0.3 is 10.0 Å². The molecule has 1 aliphatic heterocycles. The first-order chi connectivity index (χ1) is 7.24. The van der Waals surface area contributed by atoms with Gasteiger partial charge in [-0.3, -0.25) is 4.79 Å². The zero-order valence-electron chi connectivity index (χ0n) is 9.32. The fourth-order valence-corrected chi connectivity index (χ4v) is 2.59. The predicted molar refractivity (Wildman–Crippen MR) is 58.8 cm³/mol. The molecule has 0 unspecified atom stereocenters. The molecule has 0 aromatic rings. The summed E-state index contributed by atoms with van der Waals surface area (Å²) in [6.45, 7) is 3.74. The first-order valence-corrected chi connectivity index (χ1v) is 6.18. The van der Waals surface area contributed by atoms with Crippen molar-refractivity contribution in [3.05, 3.63) is 0 Å². The lowest BCUT2D eigenvalue weighted by molar-refractivity contribution is -0.137. The number of aliphatic carboxylic acids is 1. The Morgan fingerprint density at radius 1 is 1.27 bits per heavy atom. The number of hydrogen-bond acceptors (Lipinski definition) is 2. The van der Waals surface area contributed by atoms with Crippen LogP contribution in [0, 0.1) is 11.8 Å². The minimum atomic E-state index is -0.652. The van der Waals surface area contributed by atoms with Crippen molar-refractivity contribution in [2.24, 2.45) is 11.8 Å². The molecule has 1 N–H and O–H groups in total. The summed E-state index contributed by atoms with van der Waals surface area (Å²) in [7, 11) is 0. The SMILES string of the molecule is O=C(O)CCCC1CN(CC2CCC2)C1. The molecule has 2 fully saturated rings. The van der Waals surface area contributed by atoms with Gasteiger partial charge in [0, 0.05) is 26.1 Å². The second-order valence-electron chi connectivity index (χ2n) is 5.17. The average molecular weight is 211 g/mol. The Kier molecular flexibility index (Phi) is 3.62. The van der Waals surface area contributed by atoms with Gasteiger partial charge in [-0.1, -0.05) is 6.42 Å². The summed E-state index contributed by atoms with van der Waals surface area (Å²) in [5, 5.41) is 8.52. The van der Waals surface area contributed by atoms with Gasteiger partial charge in [-0.2, -0.15) is 0 Å². The topological polar surface area (TPSA) is 40.5 Å². The molecule has 0 bridgehead atoms. The summed E-state index contributed by atoms with van der Waals surface area (Å²) < 4.78 is 0. The third-order valence-electron chi connectivity index (χ3n) is 3.78. The summed E-state index contributed by atoms with van der Waals surface area (Å²) in [6.07, 6.45) is 6.60. The Labute approximate surface area is 91.5 Å². The fourth-order valence-electron chi connectivity index (χ4n) is 2.59. The molecule has 2 rings (SSSR count). The van der Waals surface area contributed by atoms with Crippen LogP contribution >= 0.6 is 0 Å². The van der Waals surface area contributed by atoms with E-state index in [4.69, 9.17) is 5.11 Å². The van der Waals surface area contributed by atoms with E-state index in [1.807, 2.05) is 0 Å². The second-order valence-corrected chi connectivity index (χ2v) is 5.17. The van der Waals surface area contributed by atoms with Gasteiger partial charge in [-0.15, -0.1) is 0 Å².